The summed E-state index contributed by atoms with van der Waals surface area (Å²) in [6, 6.07) is 27.3. The summed E-state index contributed by atoms with van der Waals surface area (Å²) < 4.78 is 0. The third kappa shape index (κ3) is 3.86. The van der Waals surface area contributed by atoms with Crippen molar-refractivity contribution in [1.29, 1.82) is 0 Å². The number of hydrazone groups is 1. The molecule has 4 heteroatoms. The van der Waals surface area contributed by atoms with Gasteiger partial charge < -0.3 is 5.11 Å². The fourth-order valence-electron chi connectivity index (χ4n) is 3.32. The molecule has 0 radical (unpaired) electrons. The van der Waals surface area contributed by atoms with E-state index in [0.29, 0.717) is 0 Å². The predicted octanol–water partition coefficient (Wildman–Crippen LogP) is 5.41. The monoisotopic (exact) mass is 368 g/mol. The lowest BCUT2D eigenvalue weighted by molar-refractivity contribution is 0.0697. The van der Waals surface area contributed by atoms with Crippen LogP contribution in [-0.4, -0.2) is 16.8 Å². The van der Waals surface area contributed by atoms with Crippen LogP contribution >= 0.6 is 0 Å². The van der Waals surface area contributed by atoms with Crippen molar-refractivity contribution in [2.24, 2.45) is 5.10 Å². The average Bonchev–Trinajstić information content (AvgIpc) is 3.18. The highest BCUT2D eigenvalue weighted by Crippen LogP contribution is 2.35. The Balaban J connectivity index is 1.65. The second-order valence-electron chi connectivity index (χ2n) is 6.66. The highest BCUT2D eigenvalue weighted by atomic mass is 16.4. The third-order valence-electron chi connectivity index (χ3n) is 4.76. The molecule has 3 aromatic rings. The molecule has 4 rings (SSSR count). The Hall–Kier alpha value is -3.66. The van der Waals surface area contributed by atoms with Gasteiger partial charge in [0, 0.05) is 6.42 Å². The second-order valence-corrected chi connectivity index (χ2v) is 6.66. The van der Waals surface area contributed by atoms with E-state index in [9.17, 15) is 4.79 Å². The van der Waals surface area contributed by atoms with Gasteiger partial charge in [-0.25, -0.2) is 4.79 Å². The van der Waals surface area contributed by atoms with Crippen molar-refractivity contribution in [3.63, 3.8) is 0 Å². The first-order valence-electron chi connectivity index (χ1n) is 9.19. The number of carboxylic acid groups (broad SMARTS) is 1. The van der Waals surface area contributed by atoms with Crippen LogP contribution in [0.5, 0.6) is 0 Å². The topological polar surface area (TPSA) is 52.9 Å². The maximum absolute atomic E-state index is 11.1. The molecule has 0 aromatic heterocycles. The van der Waals surface area contributed by atoms with Crippen LogP contribution in [0.2, 0.25) is 0 Å². The molecule has 0 unspecified atom stereocenters. The summed E-state index contributed by atoms with van der Waals surface area (Å²) >= 11 is 0. The molecular formula is C24H20N2O2. The Morgan fingerprint density at radius 2 is 1.54 bits per heavy atom. The lowest BCUT2D eigenvalue weighted by atomic mass is 10.0. The molecule has 0 saturated heterocycles. The predicted molar refractivity (Wildman–Crippen MR) is 113 cm³/mol. The van der Waals surface area contributed by atoms with Crippen molar-refractivity contribution in [2.75, 3.05) is 5.01 Å². The Morgan fingerprint density at radius 3 is 2.18 bits per heavy atom. The Bertz CT molecular complexity index is 1010. The molecule has 0 aliphatic carbocycles. The van der Waals surface area contributed by atoms with Gasteiger partial charge in [0.15, 0.2) is 0 Å². The standard InChI is InChI=1S/C24H20N2O2/c27-24(28)20-12-15-22(16-13-20)26-23(19-9-5-2-6-10-19)17-21(25-26)14-11-18-7-3-1-4-8-18/h1-16,23H,17H2,(H,27,28)/b14-11+/t23-/m0/s1. The Kier molecular flexibility index (Phi) is 5.02. The van der Waals surface area contributed by atoms with Crippen LogP contribution in [0, 0.1) is 0 Å². The van der Waals surface area contributed by atoms with Crippen LogP contribution in [0.25, 0.3) is 6.08 Å². The van der Waals surface area contributed by atoms with Crippen LogP contribution in [-0.2, 0) is 0 Å². The maximum atomic E-state index is 11.1. The molecule has 1 aliphatic rings. The zero-order valence-electron chi connectivity index (χ0n) is 15.3. The number of hydrogen-bond acceptors (Lipinski definition) is 3. The largest absolute Gasteiger partial charge is 0.478 e. The molecule has 0 bridgehead atoms. The lowest BCUT2D eigenvalue weighted by Crippen LogP contribution is -2.18. The number of nitrogens with zero attached hydrogens (tertiary/aromatic N) is 2. The average molecular weight is 368 g/mol. The molecular weight excluding hydrogens is 348 g/mol. The van der Waals surface area contributed by atoms with E-state index < -0.39 is 5.97 Å². The van der Waals surface area contributed by atoms with Crippen LogP contribution in [0.15, 0.2) is 96.1 Å². The minimum atomic E-state index is -0.928. The second kappa shape index (κ2) is 7.92. The van der Waals surface area contributed by atoms with E-state index in [2.05, 4.69) is 36.4 Å². The van der Waals surface area contributed by atoms with E-state index in [1.165, 1.54) is 5.56 Å². The van der Waals surface area contributed by atoms with Crippen molar-refractivity contribution >= 4 is 23.4 Å². The third-order valence-corrected chi connectivity index (χ3v) is 4.76. The summed E-state index contributed by atoms with van der Waals surface area (Å²) in [5, 5.41) is 15.9. The van der Waals surface area contributed by atoms with Gasteiger partial charge in [-0.05, 0) is 41.5 Å². The number of aromatic carboxylic acids is 1. The van der Waals surface area contributed by atoms with Crippen LogP contribution in [0.3, 0.4) is 0 Å². The highest BCUT2D eigenvalue weighted by molar-refractivity contribution is 6.01. The number of anilines is 1. The molecule has 3 aromatic carbocycles. The van der Waals surface area contributed by atoms with Crippen molar-refractivity contribution in [3.8, 4) is 0 Å². The zero-order chi connectivity index (χ0) is 19.3. The maximum Gasteiger partial charge on any atom is 0.335 e. The van der Waals surface area contributed by atoms with E-state index in [0.717, 1.165) is 23.4 Å². The molecule has 28 heavy (non-hydrogen) atoms. The van der Waals surface area contributed by atoms with Gasteiger partial charge in [-0.2, -0.15) is 5.10 Å². The fourth-order valence-corrected chi connectivity index (χ4v) is 3.32. The molecule has 4 nitrogen and oxygen atoms in total. The summed E-state index contributed by atoms with van der Waals surface area (Å²) in [6.45, 7) is 0. The zero-order valence-corrected chi connectivity index (χ0v) is 15.3. The fraction of sp³-hybridized carbons (Fsp3) is 0.0833. The number of hydrogen-bond donors (Lipinski definition) is 1. The van der Waals surface area contributed by atoms with Gasteiger partial charge >= 0.3 is 5.97 Å². The molecule has 0 amide bonds. The molecule has 138 valence electrons. The van der Waals surface area contributed by atoms with Crippen LogP contribution in [0.4, 0.5) is 5.69 Å². The summed E-state index contributed by atoms with van der Waals surface area (Å²) in [6.07, 6.45) is 4.91. The number of rotatable bonds is 5. The smallest absolute Gasteiger partial charge is 0.335 e. The van der Waals surface area contributed by atoms with E-state index in [4.69, 9.17) is 10.2 Å². The van der Waals surface area contributed by atoms with Gasteiger partial charge in [0.25, 0.3) is 0 Å². The summed E-state index contributed by atoms with van der Waals surface area (Å²) in [4.78, 5) is 11.1. The van der Waals surface area contributed by atoms with Crippen LogP contribution < -0.4 is 5.01 Å². The Labute approximate surface area is 164 Å². The lowest BCUT2D eigenvalue weighted by Gasteiger charge is -2.24. The first-order chi connectivity index (χ1) is 13.7. The van der Waals surface area contributed by atoms with E-state index in [1.54, 1.807) is 12.1 Å². The van der Waals surface area contributed by atoms with Gasteiger partial charge in [-0.3, -0.25) is 5.01 Å². The highest BCUT2D eigenvalue weighted by Gasteiger charge is 2.28. The van der Waals surface area contributed by atoms with Crippen molar-refractivity contribution in [2.45, 2.75) is 12.5 Å². The first kappa shape index (κ1) is 17.7. The van der Waals surface area contributed by atoms with Gasteiger partial charge in [0.05, 0.1) is 23.0 Å². The Morgan fingerprint density at radius 1 is 0.893 bits per heavy atom. The van der Waals surface area contributed by atoms with E-state index >= 15 is 0 Å². The molecule has 0 spiro atoms. The number of carboxylic acids is 1. The number of benzene rings is 3. The van der Waals surface area contributed by atoms with E-state index in [1.807, 2.05) is 53.5 Å². The quantitative estimate of drug-likeness (QED) is 0.655. The van der Waals surface area contributed by atoms with Crippen molar-refractivity contribution in [1.82, 2.24) is 0 Å². The summed E-state index contributed by atoms with van der Waals surface area (Å²) in [5.74, 6) is -0.928. The van der Waals surface area contributed by atoms with Gasteiger partial charge in [0.1, 0.15) is 0 Å². The van der Waals surface area contributed by atoms with Gasteiger partial charge in [0.2, 0.25) is 0 Å². The molecule has 1 N–H and O–H groups in total. The molecule has 1 atom stereocenters. The summed E-state index contributed by atoms with van der Waals surface area (Å²) in [7, 11) is 0. The molecule has 0 fully saturated rings. The molecule has 1 heterocycles. The number of allylic oxidation sites excluding steroid dienone is 1. The minimum absolute atomic E-state index is 0.0762. The van der Waals surface area contributed by atoms with Gasteiger partial charge in [-0.15, -0.1) is 0 Å². The normalized spacial score (nSPS) is 16.4. The SMILES string of the molecule is O=C(O)c1ccc(N2N=C(/C=C/c3ccccc3)C[C@H]2c2ccccc2)cc1. The first-order valence-corrected chi connectivity index (χ1v) is 9.19. The van der Waals surface area contributed by atoms with Gasteiger partial charge in [-0.1, -0.05) is 66.7 Å². The molecule has 1 aliphatic heterocycles. The van der Waals surface area contributed by atoms with E-state index in [-0.39, 0.29) is 11.6 Å². The summed E-state index contributed by atoms with van der Waals surface area (Å²) in [5.41, 5.74) is 4.44. The molecule has 0 saturated carbocycles. The number of carbonyl (C=O) groups is 1. The van der Waals surface area contributed by atoms with Crippen molar-refractivity contribution in [3.05, 3.63) is 108 Å². The van der Waals surface area contributed by atoms with Crippen molar-refractivity contribution < 1.29 is 9.90 Å². The minimum Gasteiger partial charge on any atom is -0.478 e. The van der Waals surface area contributed by atoms with Crippen LogP contribution in [0.1, 0.15) is 33.9 Å².